The molecule has 0 spiro atoms. The van der Waals surface area contributed by atoms with Gasteiger partial charge in [-0.25, -0.2) is 14.4 Å². The van der Waals surface area contributed by atoms with Gasteiger partial charge in [-0.3, -0.25) is 4.79 Å². The van der Waals surface area contributed by atoms with Crippen molar-refractivity contribution < 1.29 is 38.9 Å². The van der Waals surface area contributed by atoms with E-state index in [1.807, 2.05) is 6.07 Å². The maximum atomic E-state index is 12.0. The molecule has 0 aliphatic rings. The summed E-state index contributed by atoms with van der Waals surface area (Å²) in [4.78, 5) is 57.4. The maximum absolute atomic E-state index is 12.0. The number of carbonyl (C=O) groups is 5. The number of nitrogens with one attached hydrogen (secondary N) is 2. The zero-order chi connectivity index (χ0) is 23.4. The molecule has 1 aromatic carbocycles. The van der Waals surface area contributed by atoms with Crippen molar-refractivity contribution >= 4 is 52.3 Å². The number of unbranched alkanes of at least 4 members (excludes halogenated alkanes) is 1. The number of hydrogen-bond acceptors (Lipinski definition) is 6. The van der Waals surface area contributed by atoms with E-state index in [2.05, 4.69) is 33.2 Å². The highest BCUT2D eigenvalue weighted by atomic mass is 125. The quantitative estimate of drug-likeness (QED) is 0.217. The highest BCUT2D eigenvalue weighted by Gasteiger charge is 2.26. The number of carboxylic acid groups (broad SMARTS) is 2. The van der Waals surface area contributed by atoms with E-state index in [0.29, 0.717) is 24.9 Å². The van der Waals surface area contributed by atoms with Crippen LogP contribution in [-0.4, -0.2) is 58.6 Å². The molecule has 0 aliphatic carbocycles. The number of ether oxygens (including phenoxy) is 1. The molecule has 0 saturated heterocycles. The van der Waals surface area contributed by atoms with Gasteiger partial charge in [-0.15, -0.1) is 0 Å². The number of Topliss-reactive ketones (excluding diaryl/α,β-unsaturated/α-hetero) is 1. The summed E-state index contributed by atoms with van der Waals surface area (Å²) in [5.74, 6) is -3.20. The molecule has 2 amide bonds. The Morgan fingerprint density at radius 3 is 2.35 bits per heavy atom. The van der Waals surface area contributed by atoms with E-state index in [4.69, 9.17) is 9.84 Å². The Kier molecular flexibility index (Phi) is 11.5. The van der Waals surface area contributed by atoms with Crippen LogP contribution < -0.4 is 10.6 Å². The summed E-state index contributed by atoms with van der Waals surface area (Å²) < 4.78 is 5.75. The van der Waals surface area contributed by atoms with Gasteiger partial charge in [0.2, 0.25) is 6.10 Å². The molecule has 0 radical (unpaired) electrons. The molecule has 11 heteroatoms. The third-order valence-electron chi connectivity index (χ3n) is 4.17. The fraction of sp³-hybridized carbons (Fsp3) is 0.450. The third-order valence-corrected chi connectivity index (χ3v) is 4.84. The highest BCUT2D eigenvalue weighted by Crippen LogP contribution is 2.09. The fourth-order valence-corrected chi connectivity index (χ4v) is 3.07. The lowest BCUT2D eigenvalue weighted by atomic mass is 10.1. The molecule has 170 valence electrons. The summed E-state index contributed by atoms with van der Waals surface area (Å²) in [5.41, 5.74) is 0.521. The summed E-state index contributed by atoms with van der Waals surface area (Å²) in [6, 6.07) is 5.70. The molecular weight excluding hydrogens is 521 g/mol. The lowest BCUT2D eigenvalue weighted by molar-refractivity contribution is -0.147. The minimum Gasteiger partial charge on any atom is -0.480 e. The van der Waals surface area contributed by atoms with Crippen LogP contribution in [0, 0.1) is 3.57 Å². The molecule has 0 saturated carbocycles. The first-order chi connectivity index (χ1) is 14.6. The number of amides is 2. The van der Waals surface area contributed by atoms with Crippen molar-refractivity contribution in [2.45, 2.75) is 51.2 Å². The number of carboxylic acids is 2. The number of benzene rings is 1. The lowest BCUT2D eigenvalue weighted by Gasteiger charge is -2.17. The van der Waals surface area contributed by atoms with Crippen LogP contribution in [0.15, 0.2) is 24.3 Å². The summed E-state index contributed by atoms with van der Waals surface area (Å²) in [5, 5.41) is 23.1. The smallest absolute Gasteiger partial charge is 0.408 e. The van der Waals surface area contributed by atoms with E-state index in [0.717, 1.165) is 3.57 Å². The van der Waals surface area contributed by atoms with Gasteiger partial charge >= 0.3 is 18.0 Å². The SMILES string of the molecule is CC(=O)CC[C@H](NC(=O)O[C@@H](CCCCNC(=O)c1cccc([125I])c1)C(=O)O)C(=O)O. The minimum absolute atomic E-state index is 0.00690. The number of ketones is 1. The third kappa shape index (κ3) is 10.8. The van der Waals surface area contributed by atoms with Crippen LogP contribution in [-0.2, 0) is 19.1 Å². The average molecular weight is 546 g/mol. The fourth-order valence-electron chi connectivity index (χ4n) is 2.53. The Bertz CT molecular complexity index is 814. The van der Waals surface area contributed by atoms with Crippen molar-refractivity contribution in [2.24, 2.45) is 0 Å². The van der Waals surface area contributed by atoms with E-state index in [-0.39, 0.29) is 31.0 Å². The second-order valence-electron chi connectivity index (χ2n) is 6.77. The maximum Gasteiger partial charge on any atom is 0.408 e. The second kappa shape index (κ2) is 13.6. The number of halogens is 1. The number of hydrogen-bond donors (Lipinski definition) is 4. The Morgan fingerprint density at radius 2 is 1.77 bits per heavy atom. The predicted molar refractivity (Wildman–Crippen MR) is 118 cm³/mol. The lowest BCUT2D eigenvalue weighted by Crippen LogP contribution is -2.43. The monoisotopic (exact) mass is 546 g/mol. The minimum atomic E-state index is -1.46. The zero-order valence-electron chi connectivity index (χ0n) is 16.9. The van der Waals surface area contributed by atoms with E-state index in [1.165, 1.54) is 6.92 Å². The Balaban J connectivity index is 2.42. The molecule has 31 heavy (non-hydrogen) atoms. The molecule has 0 aromatic heterocycles. The van der Waals surface area contributed by atoms with Crippen molar-refractivity contribution in [3.8, 4) is 0 Å². The van der Waals surface area contributed by atoms with Gasteiger partial charge in [0.25, 0.3) is 5.91 Å². The summed E-state index contributed by atoms with van der Waals surface area (Å²) in [7, 11) is 0. The Morgan fingerprint density at radius 1 is 1.06 bits per heavy atom. The van der Waals surface area contributed by atoms with Crippen molar-refractivity contribution in [3.05, 3.63) is 33.4 Å². The Hall–Kier alpha value is -2.70. The van der Waals surface area contributed by atoms with Crippen LogP contribution in [0.1, 0.15) is 49.4 Å². The molecule has 1 rings (SSSR count). The first-order valence-corrected chi connectivity index (χ1v) is 10.6. The normalized spacial score (nSPS) is 12.3. The molecule has 1 aromatic rings. The summed E-state index contributed by atoms with van der Waals surface area (Å²) in [6.07, 6.45) is -2.02. The van der Waals surface area contributed by atoms with E-state index in [1.54, 1.807) is 18.2 Å². The van der Waals surface area contributed by atoms with Gasteiger partial charge in [-0.1, -0.05) is 6.07 Å². The molecule has 0 bridgehead atoms. The molecular formula is C20H25IN2O8. The molecule has 0 fully saturated rings. The first kappa shape index (κ1) is 26.3. The predicted octanol–water partition coefficient (Wildman–Crippen LogP) is 2.19. The standard InChI is InChI=1S/C20H25IN2O8/c1-12(24)8-9-15(18(26)27)23-20(30)31-16(19(28)29)7-2-3-10-22-17(25)13-5-4-6-14(21)11-13/h4-6,11,15-16H,2-3,7-10H2,1H3,(H,22,25)(H,23,30)(H,26,27)(H,28,29)/t15-,16-/m0/s1/i21-2. The summed E-state index contributed by atoms with van der Waals surface area (Å²) in [6.45, 7) is 1.61. The van der Waals surface area contributed by atoms with Gasteiger partial charge in [0, 0.05) is 22.1 Å². The zero-order valence-corrected chi connectivity index (χ0v) is 19.1. The van der Waals surface area contributed by atoms with Crippen molar-refractivity contribution in [3.63, 3.8) is 0 Å². The van der Waals surface area contributed by atoms with Crippen LogP contribution in [0.3, 0.4) is 0 Å². The van der Waals surface area contributed by atoms with E-state index >= 15 is 0 Å². The van der Waals surface area contributed by atoms with Crippen molar-refractivity contribution in [2.75, 3.05) is 6.54 Å². The van der Waals surface area contributed by atoms with Gasteiger partial charge in [0.05, 0.1) is 0 Å². The molecule has 0 aliphatic heterocycles. The van der Waals surface area contributed by atoms with Crippen molar-refractivity contribution in [1.29, 1.82) is 0 Å². The molecule has 2 atom stereocenters. The largest absolute Gasteiger partial charge is 0.480 e. The number of aliphatic carboxylic acids is 2. The van der Waals surface area contributed by atoms with Crippen LogP contribution in [0.5, 0.6) is 0 Å². The van der Waals surface area contributed by atoms with E-state index < -0.39 is 30.2 Å². The van der Waals surface area contributed by atoms with Crippen LogP contribution in [0.2, 0.25) is 0 Å². The molecule has 0 unspecified atom stereocenters. The summed E-state index contributed by atoms with van der Waals surface area (Å²) >= 11 is 2.10. The Labute approximate surface area is 192 Å². The van der Waals surface area contributed by atoms with Crippen LogP contribution in [0.25, 0.3) is 0 Å². The van der Waals surface area contributed by atoms with Gasteiger partial charge < -0.3 is 30.4 Å². The van der Waals surface area contributed by atoms with Gasteiger partial charge in [-0.2, -0.15) is 0 Å². The molecule has 4 N–H and O–H groups in total. The van der Waals surface area contributed by atoms with Gasteiger partial charge in [0.1, 0.15) is 11.8 Å². The van der Waals surface area contributed by atoms with E-state index in [9.17, 15) is 29.1 Å². The van der Waals surface area contributed by atoms with Crippen LogP contribution >= 0.6 is 22.6 Å². The number of rotatable bonds is 13. The molecule has 10 nitrogen and oxygen atoms in total. The van der Waals surface area contributed by atoms with Crippen molar-refractivity contribution in [1.82, 2.24) is 10.6 Å². The van der Waals surface area contributed by atoms with Crippen LogP contribution in [0.4, 0.5) is 4.79 Å². The number of alkyl carbamates (subject to hydrolysis) is 1. The molecule has 0 heterocycles. The highest BCUT2D eigenvalue weighted by molar-refractivity contribution is 14.1. The number of carbonyl (C=O) groups excluding carboxylic acids is 3. The second-order valence-corrected chi connectivity index (χ2v) is 8.02. The first-order valence-electron chi connectivity index (χ1n) is 9.56. The van der Waals surface area contributed by atoms with Gasteiger partial charge in [-0.05, 0) is 73.4 Å². The van der Waals surface area contributed by atoms with Gasteiger partial charge in [0.15, 0.2) is 0 Å². The average Bonchev–Trinajstić information content (AvgIpc) is 2.69. The topological polar surface area (TPSA) is 159 Å².